The van der Waals surface area contributed by atoms with Gasteiger partial charge in [-0.3, -0.25) is 4.79 Å². The third-order valence-electron chi connectivity index (χ3n) is 13.9. The number of methoxy groups -OCH3 is 2. The Morgan fingerprint density at radius 3 is 1.98 bits per heavy atom. The number of anilines is 3. The summed E-state index contributed by atoms with van der Waals surface area (Å²) in [7, 11) is 7.07. The summed E-state index contributed by atoms with van der Waals surface area (Å²) in [5.74, 6) is 3.96. The first-order valence-electron chi connectivity index (χ1n) is 29.8. The number of fused-ring (bicyclic) bond motifs is 1. The number of unbranched alkanes of at least 4 members (excludes halogenated alkanes) is 10. The Balaban J connectivity index is 0.000000284. The van der Waals surface area contributed by atoms with Crippen molar-refractivity contribution < 1.29 is 49.3 Å². The van der Waals surface area contributed by atoms with Gasteiger partial charge >= 0.3 is 17.9 Å². The molecule has 0 spiro atoms. The number of amides is 1. The summed E-state index contributed by atoms with van der Waals surface area (Å²) in [6.45, 7) is 15.7. The van der Waals surface area contributed by atoms with E-state index in [1.165, 1.54) is 96.1 Å². The number of amidine groups is 2. The Kier molecular flexibility index (Phi) is 26.5. The molecule has 3 aromatic carbocycles. The number of carbonyl (C=O) groups excluding carboxylic acids is 2. The Morgan fingerprint density at radius 1 is 0.730 bits per heavy atom. The van der Waals surface area contributed by atoms with Gasteiger partial charge in [0.25, 0.3) is 5.91 Å². The number of nitrogens with zero attached hydrogens (tertiary/aromatic N) is 12. The fourth-order valence-electron chi connectivity index (χ4n) is 9.48. The van der Waals surface area contributed by atoms with Gasteiger partial charge in [-0.2, -0.15) is 19.8 Å². The van der Waals surface area contributed by atoms with Crippen LogP contribution in [0, 0.1) is 49.4 Å². The lowest BCUT2D eigenvalue weighted by Gasteiger charge is -2.22. The third kappa shape index (κ3) is 20.1. The second-order valence-electron chi connectivity index (χ2n) is 20.8. The molecule has 2 aliphatic rings. The van der Waals surface area contributed by atoms with Crippen LogP contribution < -0.4 is 19.4 Å². The Labute approximate surface area is 525 Å². The molecule has 2 aromatic heterocycles. The highest BCUT2D eigenvalue weighted by Gasteiger charge is 2.39. The van der Waals surface area contributed by atoms with Crippen LogP contribution in [-0.2, 0) is 14.3 Å². The maximum Gasteiger partial charge on any atom is 0.396 e. The summed E-state index contributed by atoms with van der Waals surface area (Å²) in [4.78, 5) is 64.9. The maximum atomic E-state index is 13.2. The number of thiazole rings is 1. The zero-order valence-corrected chi connectivity index (χ0v) is 53.2. The van der Waals surface area contributed by atoms with Gasteiger partial charge in [-0.15, -0.1) is 0 Å². The Hall–Kier alpha value is -8.86. The first-order chi connectivity index (χ1) is 42.8. The molecule has 0 aliphatic carbocycles. The number of aromatic nitrogens is 3. The number of aliphatic hydroxyl groups is 5. The fraction of sp³-hybridized carbons (Fsp3) is 0.424. The third-order valence-corrected chi connectivity index (χ3v) is 14.9. The number of aliphatic imine (C=N–C) groups is 6. The van der Waals surface area contributed by atoms with Crippen molar-refractivity contribution in [3.05, 3.63) is 101 Å². The second kappa shape index (κ2) is 34.0. The summed E-state index contributed by atoms with van der Waals surface area (Å²) < 4.78 is 16.2. The summed E-state index contributed by atoms with van der Waals surface area (Å²) in [5.41, 5.74) is 5.39. The molecule has 0 radical (unpaired) electrons. The van der Waals surface area contributed by atoms with Crippen molar-refractivity contribution in [2.45, 2.75) is 131 Å². The number of rotatable bonds is 28. The van der Waals surface area contributed by atoms with Gasteiger partial charge in [0.1, 0.15) is 22.0 Å². The van der Waals surface area contributed by atoms with E-state index in [9.17, 15) is 19.8 Å². The fourth-order valence-corrected chi connectivity index (χ4v) is 10.3. The maximum absolute atomic E-state index is 13.2. The van der Waals surface area contributed by atoms with Gasteiger partial charge in [0.15, 0.2) is 35.4 Å². The lowest BCUT2D eigenvalue weighted by molar-refractivity contribution is -0.275. The summed E-state index contributed by atoms with van der Waals surface area (Å²) in [5, 5.41) is 52.5. The number of ether oxygens (including phenoxy) is 3. The molecule has 5 aromatic rings. The molecule has 2 aliphatic heterocycles. The SMILES string of the molecule is CCCCCCCCN(CCCCCCCC)c1cnc(N=C2N=C(c3ccccc3OC)N=C2c2ccccc2N(C)C)s1.CCN(CC)c1ccc(N=C2C(C(=O)OC(O)(O)C#CC#CC#CC(O)(O)O)=Nc3c(C(=O)N=COC)c(C)nn32)c(C)c1. The minimum Gasteiger partial charge on any atom is -0.496 e. The van der Waals surface area contributed by atoms with E-state index in [0.29, 0.717) is 22.5 Å². The number of hydrogen-bond acceptors (Lipinski definition) is 20. The van der Waals surface area contributed by atoms with E-state index in [-0.39, 0.29) is 22.9 Å². The van der Waals surface area contributed by atoms with Gasteiger partial charge in [0.05, 0.1) is 37.4 Å². The zero-order chi connectivity index (χ0) is 64.5. The molecule has 0 saturated carbocycles. The highest BCUT2D eigenvalue weighted by molar-refractivity contribution is 7.19. The molecule has 23 heteroatoms. The number of esters is 1. The van der Waals surface area contributed by atoms with Crippen LogP contribution in [0.2, 0.25) is 0 Å². The van der Waals surface area contributed by atoms with Crippen molar-refractivity contribution in [3.63, 3.8) is 0 Å². The summed E-state index contributed by atoms with van der Waals surface area (Å²) >= 11 is 1.65. The predicted octanol–water partition coefficient (Wildman–Crippen LogP) is 9.37. The molecule has 1 amide bonds. The van der Waals surface area contributed by atoms with Gasteiger partial charge < -0.3 is 54.4 Å². The van der Waals surface area contributed by atoms with Crippen LogP contribution in [0.4, 0.5) is 33.0 Å². The zero-order valence-electron chi connectivity index (χ0n) is 52.4. The summed E-state index contributed by atoms with van der Waals surface area (Å²) in [6.07, 6.45) is 18.5. The van der Waals surface area contributed by atoms with E-state index in [0.717, 1.165) is 76.8 Å². The molecule has 4 heterocycles. The highest BCUT2D eigenvalue weighted by atomic mass is 32.1. The van der Waals surface area contributed by atoms with Crippen LogP contribution in [0.15, 0.2) is 103 Å². The lowest BCUT2D eigenvalue weighted by Crippen LogP contribution is -2.38. The second-order valence-corrected chi connectivity index (χ2v) is 21.8. The van der Waals surface area contributed by atoms with Crippen LogP contribution in [-0.4, -0.2) is 154 Å². The Morgan fingerprint density at radius 2 is 1.36 bits per heavy atom. The van der Waals surface area contributed by atoms with Crippen LogP contribution in [0.3, 0.4) is 0 Å². The van der Waals surface area contributed by atoms with Gasteiger partial charge in [0, 0.05) is 69.1 Å². The van der Waals surface area contributed by atoms with Crippen LogP contribution in [0.5, 0.6) is 5.75 Å². The van der Waals surface area contributed by atoms with Crippen molar-refractivity contribution >= 4 is 91.6 Å². The van der Waals surface area contributed by atoms with Crippen molar-refractivity contribution in [1.82, 2.24) is 14.8 Å². The first-order valence-corrected chi connectivity index (χ1v) is 30.6. The molecule has 0 atom stereocenters. The van der Waals surface area contributed by atoms with Gasteiger partial charge in [-0.25, -0.2) is 29.7 Å². The van der Waals surface area contributed by atoms with E-state index in [4.69, 9.17) is 49.5 Å². The topological polar surface area (TPSA) is 278 Å². The monoisotopic (exact) mass is 1230 g/mol. The molecule has 0 saturated heterocycles. The largest absolute Gasteiger partial charge is 0.496 e. The minimum atomic E-state index is -3.37. The molecule has 7 rings (SSSR count). The number of aryl methyl sites for hydroxylation is 2. The molecule has 22 nitrogen and oxygen atoms in total. The molecular formula is C66H80N12O10S. The lowest BCUT2D eigenvalue weighted by atomic mass is 10.1. The molecule has 0 fully saturated rings. The minimum absolute atomic E-state index is 0.0597. The van der Waals surface area contributed by atoms with E-state index < -0.39 is 29.5 Å². The predicted molar refractivity (Wildman–Crippen MR) is 352 cm³/mol. The molecule has 0 bridgehead atoms. The summed E-state index contributed by atoms with van der Waals surface area (Å²) in [6, 6.07) is 21.6. The van der Waals surface area contributed by atoms with Crippen LogP contribution >= 0.6 is 11.3 Å². The van der Waals surface area contributed by atoms with Crippen LogP contribution in [0.25, 0.3) is 0 Å². The first kappa shape index (κ1) is 69.2. The quantitative estimate of drug-likeness (QED) is 0.00779. The van der Waals surface area contributed by atoms with Gasteiger partial charge in [0.2, 0.25) is 5.13 Å². The van der Waals surface area contributed by atoms with Gasteiger partial charge in [-0.1, -0.05) is 120 Å². The molecular weight excluding hydrogens is 1150 g/mol. The molecule has 89 heavy (non-hydrogen) atoms. The molecule has 5 N–H and O–H groups in total. The average molecular weight is 1230 g/mol. The normalized spacial score (nSPS) is 13.4. The number of benzene rings is 3. The van der Waals surface area contributed by atoms with E-state index >= 15 is 0 Å². The smallest absolute Gasteiger partial charge is 0.396 e. The van der Waals surface area contributed by atoms with E-state index in [1.807, 2.05) is 113 Å². The molecule has 470 valence electrons. The van der Waals surface area contributed by atoms with Crippen molar-refractivity contribution in [3.8, 4) is 41.3 Å². The number of carbonyl (C=O) groups is 2. The van der Waals surface area contributed by atoms with E-state index in [2.05, 4.69) is 60.8 Å². The van der Waals surface area contributed by atoms with E-state index in [1.54, 1.807) is 36.4 Å². The highest BCUT2D eigenvalue weighted by Crippen LogP contribution is 2.35. The van der Waals surface area contributed by atoms with Gasteiger partial charge in [-0.05, 0) is 106 Å². The molecule has 0 unspecified atom stereocenters. The standard InChI is InChI=1S/C37H52N6OS.C29H28N6O9/c1-6-8-10-12-14-20-26-43(27-21-15-13-11-9-7-2)33-28-38-37(45-33)41-36-34(29-22-16-18-24-31(29)42(3)4)39-35(40-36)30-23-17-19-25-32(30)44-5;1-6-34(7-2)20-12-13-21(18(3)16-20)31-25-23(32-24-22(19(4)33-35(24)25)26(36)30-17-43-5)27(37)44-29(41,42)15-11-9-8-10-14-28(38,39)40/h16-19,22-25,28H,6-15,20-21,26-27H2,1-5H3;12-13,16-17,38-42H,6-7H2,1-5H3. The average Bonchev–Trinajstić information content (AvgIpc) is 2.04. The van der Waals surface area contributed by atoms with Crippen LogP contribution in [0.1, 0.15) is 137 Å². The van der Waals surface area contributed by atoms with Crippen molar-refractivity contribution in [1.29, 1.82) is 0 Å². The number of hydrogen-bond donors (Lipinski definition) is 5. The number of para-hydroxylation sites is 2. The van der Waals surface area contributed by atoms with Crippen molar-refractivity contribution in [2.24, 2.45) is 30.0 Å². The van der Waals surface area contributed by atoms with Crippen molar-refractivity contribution in [2.75, 3.05) is 69.2 Å². The Bertz CT molecular complexity index is 3630.